The van der Waals surface area contributed by atoms with Crippen molar-refractivity contribution in [1.29, 1.82) is 0 Å². The highest BCUT2D eigenvalue weighted by Gasteiger charge is 2.18. The predicted octanol–water partition coefficient (Wildman–Crippen LogP) is 1.65. The second-order valence-electron chi connectivity index (χ2n) is 5.20. The molecule has 0 unspecified atom stereocenters. The number of nitrogens with one attached hydrogen (secondary N) is 1. The number of piperidine rings is 1. The fraction of sp³-hybridized carbons (Fsp3) is 1.00. The highest BCUT2D eigenvalue weighted by atomic mass is 15.2. The van der Waals surface area contributed by atoms with Crippen molar-refractivity contribution in [3.05, 3.63) is 0 Å². The summed E-state index contributed by atoms with van der Waals surface area (Å²) in [6.45, 7) is 13.2. The number of nitrogens with zero attached hydrogens (tertiary/aromatic N) is 2. The molecule has 1 fully saturated rings. The lowest BCUT2D eigenvalue weighted by atomic mass is 9.93. The lowest BCUT2D eigenvalue weighted by molar-refractivity contribution is 0.156. The first-order valence-corrected chi connectivity index (χ1v) is 7.39. The molecule has 1 aliphatic heterocycles. The summed E-state index contributed by atoms with van der Waals surface area (Å²) in [7, 11) is 2.05. The van der Waals surface area contributed by atoms with Gasteiger partial charge in [-0.05, 0) is 65.0 Å². The molecule has 1 heterocycles. The quantitative estimate of drug-likeness (QED) is 0.697. The highest BCUT2D eigenvalue weighted by Crippen LogP contribution is 2.19. The topological polar surface area (TPSA) is 18.5 Å². The Morgan fingerprint density at radius 3 is 2.35 bits per heavy atom. The molecule has 0 aromatic heterocycles. The fourth-order valence-electron chi connectivity index (χ4n) is 2.67. The van der Waals surface area contributed by atoms with Gasteiger partial charge in [-0.3, -0.25) is 0 Å². The Balaban J connectivity index is 2.10. The van der Waals surface area contributed by atoms with Gasteiger partial charge in [0.15, 0.2) is 0 Å². The molecule has 0 aliphatic carbocycles. The van der Waals surface area contributed by atoms with Crippen molar-refractivity contribution in [2.75, 3.05) is 52.9 Å². The van der Waals surface area contributed by atoms with Gasteiger partial charge in [0.05, 0.1) is 0 Å². The Bertz CT molecular complexity index is 172. The van der Waals surface area contributed by atoms with Crippen LogP contribution in [0.1, 0.15) is 33.1 Å². The molecule has 0 atom stereocenters. The third kappa shape index (κ3) is 5.84. The minimum Gasteiger partial charge on any atom is -0.320 e. The van der Waals surface area contributed by atoms with Gasteiger partial charge in [-0.25, -0.2) is 0 Å². The van der Waals surface area contributed by atoms with Crippen molar-refractivity contribution in [1.82, 2.24) is 15.1 Å². The van der Waals surface area contributed by atoms with Gasteiger partial charge in [-0.15, -0.1) is 0 Å². The molecule has 1 N–H and O–H groups in total. The van der Waals surface area contributed by atoms with Crippen molar-refractivity contribution in [2.24, 2.45) is 5.92 Å². The van der Waals surface area contributed by atoms with Gasteiger partial charge in [0, 0.05) is 13.1 Å². The molecular formula is C14H31N3. The summed E-state index contributed by atoms with van der Waals surface area (Å²) in [4.78, 5) is 5.17. The summed E-state index contributed by atoms with van der Waals surface area (Å²) in [5.74, 6) is 0.965. The first-order valence-electron chi connectivity index (χ1n) is 7.39. The summed E-state index contributed by atoms with van der Waals surface area (Å²) in [5.41, 5.74) is 0. The Hall–Kier alpha value is -0.120. The molecule has 0 radical (unpaired) electrons. The van der Waals surface area contributed by atoms with E-state index in [-0.39, 0.29) is 0 Å². The number of hydrogen-bond acceptors (Lipinski definition) is 3. The van der Waals surface area contributed by atoms with Gasteiger partial charge >= 0.3 is 0 Å². The van der Waals surface area contributed by atoms with Crippen LogP contribution < -0.4 is 5.32 Å². The van der Waals surface area contributed by atoms with E-state index in [1.165, 1.54) is 65.1 Å². The minimum absolute atomic E-state index is 0.965. The fourth-order valence-corrected chi connectivity index (χ4v) is 2.67. The van der Waals surface area contributed by atoms with Crippen LogP contribution >= 0.6 is 0 Å². The van der Waals surface area contributed by atoms with Gasteiger partial charge < -0.3 is 15.1 Å². The summed E-state index contributed by atoms with van der Waals surface area (Å²) in [6.07, 6.45) is 4.17. The van der Waals surface area contributed by atoms with Crippen molar-refractivity contribution in [3.8, 4) is 0 Å². The standard InChI is InChI=1S/C14H31N3/c1-4-16(5-2)12-13-17-10-7-14(8-11-17)6-9-15-3/h14-15H,4-13H2,1-3H3. The smallest absolute Gasteiger partial charge is 0.0109 e. The molecule has 3 heteroatoms. The highest BCUT2D eigenvalue weighted by molar-refractivity contribution is 4.73. The van der Waals surface area contributed by atoms with Crippen LogP contribution in [0.3, 0.4) is 0 Å². The Morgan fingerprint density at radius 2 is 1.82 bits per heavy atom. The van der Waals surface area contributed by atoms with E-state index in [0.717, 1.165) is 5.92 Å². The maximum absolute atomic E-state index is 3.26. The van der Waals surface area contributed by atoms with Crippen LogP contribution in [-0.2, 0) is 0 Å². The van der Waals surface area contributed by atoms with Crippen LogP contribution in [0.15, 0.2) is 0 Å². The summed E-state index contributed by atoms with van der Waals surface area (Å²) < 4.78 is 0. The summed E-state index contributed by atoms with van der Waals surface area (Å²) in [6, 6.07) is 0. The zero-order valence-electron chi connectivity index (χ0n) is 12.0. The molecule has 0 saturated carbocycles. The molecule has 1 saturated heterocycles. The molecule has 3 nitrogen and oxygen atoms in total. The molecular weight excluding hydrogens is 210 g/mol. The lowest BCUT2D eigenvalue weighted by Crippen LogP contribution is -2.40. The zero-order chi connectivity index (χ0) is 12.5. The third-order valence-electron chi connectivity index (χ3n) is 4.14. The van der Waals surface area contributed by atoms with Gasteiger partial charge in [0.25, 0.3) is 0 Å². The normalized spacial score (nSPS) is 19.1. The Labute approximate surface area is 108 Å². The lowest BCUT2D eigenvalue weighted by Gasteiger charge is -2.33. The van der Waals surface area contributed by atoms with E-state index in [1.807, 2.05) is 0 Å². The largest absolute Gasteiger partial charge is 0.320 e. The van der Waals surface area contributed by atoms with Gasteiger partial charge in [0.2, 0.25) is 0 Å². The van der Waals surface area contributed by atoms with E-state index in [9.17, 15) is 0 Å². The van der Waals surface area contributed by atoms with Crippen molar-refractivity contribution in [3.63, 3.8) is 0 Å². The molecule has 1 rings (SSSR count). The molecule has 0 aromatic rings. The summed E-state index contributed by atoms with van der Waals surface area (Å²) in [5, 5.41) is 3.26. The van der Waals surface area contributed by atoms with Gasteiger partial charge in [-0.1, -0.05) is 13.8 Å². The number of likely N-dealkylation sites (tertiary alicyclic amines) is 1. The van der Waals surface area contributed by atoms with Crippen LogP contribution in [0.2, 0.25) is 0 Å². The van der Waals surface area contributed by atoms with E-state index in [4.69, 9.17) is 0 Å². The van der Waals surface area contributed by atoms with Crippen molar-refractivity contribution >= 4 is 0 Å². The molecule has 17 heavy (non-hydrogen) atoms. The Kier molecular flexibility index (Phi) is 7.82. The summed E-state index contributed by atoms with van der Waals surface area (Å²) >= 11 is 0. The molecule has 0 amide bonds. The van der Waals surface area contributed by atoms with E-state index >= 15 is 0 Å². The maximum atomic E-state index is 3.26. The Morgan fingerprint density at radius 1 is 1.18 bits per heavy atom. The molecule has 0 spiro atoms. The van der Waals surface area contributed by atoms with Crippen molar-refractivity contribution < 1.29 is 0 Å². The van der Waals surface area contributed by atoms with E-state index < -0.39 is 0 Å². The number of hydrogen-bond donors (Lipinski definition) is 1. The zero-order valence-corrected chi connectivity index (χ0v) is 12.0. The number of rotatable bonds is 8. The van der Waals surface area contributed by atoms with Crippen LogP contribution in [0, 0.1) is 5.92 Å². The minimum atomic E-state index is 0.965. The van der Waals surface area contributed by atoms with E-state index in [0.29, 0.717) is 0 Å². The van der Waals surface area contributed by atoms with E-state index in [1.54, 1.807) is 0 Å². The average molecular weight is 241 g/mol. The van der Waals surface area contributed by atoms with Gasteiger partial charge in [0.1, 0.15) is 0 Å². The monoisotopic (exact) mass is 241 g/mol. The van der Waals surface area contributed by atoms with Gasteiger partial charge in [-0.2, -0.15) is 0 Å². The predicted molar refractivity (Wildman–Crippen MR) is 75.5 cm³/mol. The van der Waals surface area contributed by atoms with Crippen LogP contribution in [0.25, 0.3) is 0 Å². The first kappa shape index (κ1) is 14.9. The third-order valence-corrected chi connectivity index (χ3v) is 4.14. The molecule has 0 aromatic carbocycles. The molecule has 1 aliphatic rings. The molecule has 102 valence electrons. The average Bonchev–Trinajstić information content (AvgIpc) is 2.39. The van der Waals surface area contributed by atoms with Crippen LogP contribution in [0.5, 0.6) is 0 Å². The van der Waals surface area contributed by atoms with E-state index in [2.05, 4.69) is 36.0 Å². The van der Waals surface area contributed by atoms with Crippen molar-refractivity contribution in [2.45, 2.75) is 33.1 Å². The first-order chi connectivity index (χ1) is 8.30. The van der Waals surface area contributed by atoms with Crippen LogP contribution in [0.4, 0.5) is 0 Å². The van der Waals surface area contributed by atoms with Crippen LogP contribution in [-0.4, -0.2) is 62.7 Å². The number of likely N-dealkylation sites (N-methyl/N-ethyl adjacent to an activating group) is 1. The second-order valence-corrected chi connectivity index (χ2v) is 5.20. The molecule has 0 bridgehead atoms. The maximum Gasteiger partial charge on any atom is 0.0109 e. The SMILES string of the molecule is CCN(CC)CCN1CCC(CCNC)CC1. The second kappa shape index (κ2) is 8.90.